The molecule has 0 aromatic carbocycles. The fourth-order valence-electron chi connectivity index (χ4n) is 3.30. The summed E-state index contributed by atoms with van der Waals surface area (Å²) in [6.07, 6.45) is 18.9. The molecule has 2 unspecified atom stereocenters. The molecule has 0 aliphatic carbocycles. The molecule has 1 aliphatic rings. The molecule has 3 atom stereocenters. The molecule has 1 heterocycles. The zero-order valence-corrected chi connectivity index (χ0v) is 14.7. The van der Waals surface area contributed by atoms with Crippen molar-refractivity contribution in [2.45, 2.75) is 110 Å². The Balaban J connectivity index is 1.82. The van der Waals surface area contributed by atoms with Crippen LogP contribution in [-0.2, 0) is 4.74 Å². The lowest BCUT2D eigenvalue weighted by atomic mass is 9.93. The van der Waals surface area contributed by atoms with Gasteiger partial charge in [0.2, 0.25) is 0 Å². The Morgan fingerprint density at radius 1 is 0.905 bits per heavy atom. The van der Waals surface area contributed by atoms with Gasteiger partial charge in [-0.25, -0.2) is 0 Å². The lowest BCUT2D eigenvalue weighted by Crippen LogP contribution is -2.26. The number of hydrogen-bond donors (Lipinski definition) is 0. The normalized spacial score (nSPS) is 22.4. The Morgan fingerprint density at radius 2 is 1.43 bits per heavy atom. The van der Waals surface area contributed by atoms with Crippen LogP contribution in [0.3, 0.4) is 0 Å². The van der Waals surface area contributed by atoms with Crippen molar-refractivity contribution < 1.29 is 4.74 Å². The van der Waals surface area contributed by atoms with E-state index in [4.69, 9.17) is 4.74 Å². The number of unbranched alkanes of at least 4 members (excludes halogenated alkanes) is 10. The molecule has 0 N–H and O–H groups in total. The summed E-state index contributed by atoms with van der Waals surface area (Å²) in [5, 5.41) is 0. The minimum atomic E-state index is 0.327. The van der Waals surface area contributed by atoms with Crippen molar-refractivity contribution in [1.29, 1.82) is 0 Å². The van der Waals surface area contributed by atoms with E-state index in [-0.39, 0.29) is 0 Å². The summed E-state index contributed by atoms with van der Waals surface area (Å²) >= 11 is 0. The molecule has 0 saturated carbocycles. The van der Waals surface area contributed by atoms with Gasteiger partial charge in [-0.05, 0) is 19.3 Å². The van der Waals surface area contributed by atoms with Crippen LogP contribution in [-0.4, -0.2) is 18.5 Å². The molecule has 0 fully saturated rings. The highest BCUT2D eigenvalue weighted by Crippen LogP contribution is 2.23. The number of aliphatic imine (C=N–C) groups is 1. The lowest BCUT2D eigenvalue weighted by molar-refractivity contribution is 0.135. The molecule has 21 heavy (non-hydrogen) atoms. The van der Waals surface area contributed by atoms with E-state index in [1.165, 1.54) is 77.0 Å². The van der Waals surface area contributed by atoms with Crippen LogP contribution in [0.15, 0.2) is 4.99 Å². The van der Waals surface area contributed by atoms with E-state index >= 15 is 0 Å². The Bertz CT molecular complexity index is 264. The maximum atomic E-state index is 5.59. The molecular formula is C19H37NO. The van der Waals surface area contributed by atoms with E-state index in [9.17, 15) is 0 Å². The molecule has 2 nitrogen and oxygen atoms in total. The largest absolute Gasteiger partial charge is 0.478 e. The second-order valence-electron chi connectivity index (χ2n) is 6.90. The highest BCUT2D eigenvalue weighted by molar-refractivity contribution is 5.49. The molecular weight excluding hydrogens is 258 g/mol. The smallest absolute Gasteiger partial charge is 0.170 e. The van der Waals surface area contributed by atoms with Gasteiger partial charge in [0.1, 0.15) is 6.10 Å². The SMILES string of the molecule is CCCCCCCCCCCCCC(C)C1OC=N[C@@H]1C. The third-order valence-electron chi connectivity index (χ3n) is 4.81. The van der Waals surface area contributed by atoms with E-state index in [0.717, 1.165) is 0 Å². The number of nitrogens with zero attached hydrogens (tertiary/aromatic N) is 1. The van der Waals surface area contributed by atoms with Crippen molar-refractivity contribution in [3.8, 4) is 0 Å². The third kappa shape index (κ3) is 8.48. The zero-order chi connectivity index (χ0) is 15.3. The number of rotatable bonds is 13. The molecule has 0 amide bonds. The molecule has 0 aromatic heterocycles. The molecule has 2 heteroatoms. The van der Waals surface area contributed by atoms with Gasteiger partial charge in [-0.1, -0.05) is 84.5 Å². The molecule has 0 spiro atoms. The summed E-state index contributed by atoms with van der Waals surface area (Å²) in [6, 6.07) is 0.354. The van der Waals surface area contributed by atoms with Crippen molar-refractivity contribution >= 4 is 6.40 Å². The molecule has 0 bridgehead atoms. The van der Waals surface area contributed by atoms with E-state index in [1.807, 2.05) is 0 Å². The first-order valence-corrected chi connectivity index (χ1v) is 9.42. The summed E-state index contributed by atoms with van der Waals surface area (Å²) < 4.78 is 5.59. The second kappa shape index (κ2) is 12.1. The van der Waals surface area contributed by atoms with Crippen molar-refractivity contribution in [2.75, 3.05) is 0 Å². The molecule has 0 aromatic rings. The van der Waals surface area contributed by atoms with E-state index < -0.39 is 0 Å². The fraction of sp³-hybridized carbons (Fsp3) is 0.947. The summed E-state index contributed by atoms with van der Waals surface area (Å²) in [6.45, 7) is 6.75. The minimum Gasteiger partial charge on any atom is -0.478 e. The quantitative estimate of drug-likeness (QED) is 0.374. The summed E-state index contributed by atoms with van der Waals surface area (Å²) in [5.41, 5.74) is 0. The van der Waals surface area contributed by atoms with Gasteiger partial charge in [0.05, 0.1) is 6.04 Å². The van der Waals surface area contributed by atoms with E-state index in [2.05, 4.69) is 25.8 Å². The van der Waals surface area contributed by atoms with E-state index in [0.29, 0.717) is 18.1 Å². The average Bonchev–Trinajstić information content (AvgIpc) is 2.91. The first-order chi connectivity index (χ1) is 10.3. The van der Waals surface area contributed by atoms with Gasteiger partial charge in [0.15, 0.2) is 6.40 Å². The maximum absolute atomic E-state index is 5.59. The Morgan fingerprint density at radius 3 is 1.90 bits per heavy atom. The molecule has 1 aliphatic heterocycles. The summed E-state index contributed by atoms with van der Waals surface area (Å²) in [5.74, 6) is 0.640. The van der Waals surface area contributed by atoms with Crippen LogP contribution in [0, 0.1) is 5.92 Å². The number of hydrogen-bond acceptors (Lipinski definition) is 2. The minimum absolute atomic E-state index is 0.327. The summed E-state index contributed by atoms with van der Waals surface area (Å²) in [7, 11) is 0. The second-order valence-corrected chi connectivity index (χ2v) is 6.90. The van der Waals surface area contributed by atoms with Crippen LogP contribution in [0.2, 0.25) is 0 Å². The van der Waals surface area contributed by atoms with Crippen LogP contribution in [0.4, 0.5) is 0 Å². The summed E-state index contributed by atoms with van der Waals surface area (Å²) in [4.78, 5) is 4.30. The standard InChI is InChI=1S/C19H37NO/c1-4-5-6-7-8-9-10-11-12-13-14-15-17(2)19-18(3)20-16-21-19/h16-19H,4-15H2,1-3H3/t17?,18-,19?/m1/s1. The van der Waals surface area contributed by atoms with Gasteiger partial charge in [-0.2, -0.15) is 0 Å². The fourth-order valence-corrected chi connectivity index (χ4v) is 3.30. The third-order valence-corrected chi connectivity index (χ3v) is 4.81. The van der Waals surface area contributed by atoms with Gasteiger partial charge >= 0.3 is 0 Å². The van der Waals surface area contributed by atoms with Gasteiger partial charge in [0.25, 0.3) is 0 Å². The predicted molar refractivity (Wildman–Crippen MR) is 93.1 cm³/mol. The highest BCUT2D eigenvalue weighted by Gasteiger charge is 2.27. The van der Waals surface area contributed by atoms with Crippen LogP contribution in [0.1, 0.15) is 97.8 Å². The Hall–Kier alpha value is -0.530. The van der Waals surface area contributed by atoms with Crippen LogP contribution >= 0.6 is 0 Å². The first kappa shape index (κ1) is 18.5. The lowest BCUT2D eigenvalue weighted by Gasteiger charge is -2.21. The van der Waals surface area contributed by atoms with Gasteiger partial charge < -0.3 is 4.74 Å². The van der Waals surface area contributed by atoms with Crippen LogP contribution in [0.25, 0.3) is 0 Å². The molecule has 124 valence electrons. The number of ether oxygens (including phenoxy) is 1. The molecule has 1 rings (SSSR count). The average molecular weight is 296 g/mol. The van der Waals surface area contributed by atoms with Crippen LogP contribution in [0.5, 0.6) is 0 Å². The topological polar surface area (TPSA) is 21.6 Å². The van der Waals surface area contributed by atoms with Crippen molar-refractivity contribution in [3.05, 3.63) is 0 Å². The monoisotopic (exact) mass is 295 g/mol. The maximum Gasteiger partial charge on any atom is 0.170 e. The predicted octanol–water partition coefficient (Wildman–Crippen LogP) is 6.14. The zero-order valence-electron chi connectivity index (χ0n) is 14.7. The van der Waals surface area contributed by atoms with Gasteiger partial charge in [-0.15, -0.1) is 0 Å². The van der Waals surface area contributed by atoms with Gasteiger partial charge in [0, 0.05) is 0 Å². The van der Waals surface area contributed by atoms with Gasteiger partial charge in [-0.3, -0.25) is 4.99 Å². The van der Waals surface area contributed by atoms with Crippen molar-refractivity contribution in [1.82, 2.24) is 0 Å². The Labute approximate surface area is 132 Å². The Kier molecular flexibility index (Phi) is 10.6. The molecule has 0 saturated heterocycles. The van der Waals surface area contributed by atoms with Crippen molar-refractivity contribution in [3.63, 3.8) is 0 Å². The van der Waals surface area contributed by atoms with E-state index in [1.54, 1.807) is 6.40 Å². The van der Waals surface area contributed by atoms with Crippen molar-refractivity contribution in [2.24, 2.45) is 10.9 Å². The highest BCUT2D eigenvalue weighted by atomic mass is 16.5. The molecule has 0 radical (unpaired) electrons. The van der Waals surface area contributed by atoms with Crippen LogP contribution < -0.4 is 0 Å². The first-order valence-electron chi connectivity index (χ1n) is 9.42.